The molecule has 2 rings (SSSR count). The molecule has 1 aliphatic rings. The van der Waals surface area contributed by atoms with Crippen molar-refractivity contribution in [2.75, 3.05) is 25.1 Å². The Morgan fingerprint density at radius 2 is 2.40 bits per heavy atom. The molecule has 5 nitrogen and oxygen atoms in total. The normalized spacial score (nSPS) is 13.8. The van der Waals surface area contributed by atoms with E-state index < -0.39 is 0 Å². The van der Waals surface area contributed by atoms with Gasteiger partial charge in [0.25, 0.3) is 5.91 Å². The van der Waals surface area contributed by atoms with Crippen LogP contribution in [0.4, 0.5) is 5.69 Å². The molecule has 15 heavy (non-hydrogen) atoms. The fourth-order valence-electron chi connectivity index (χ4n) is 1.33. The van der Waals surface area contributed by atoms with E-state index >= 15 is 0 Å². The van der Waals surface area contributed by atoms with Crippen LogP contribution in [-0.2, 0) is 4.79 Å². The molecule has 1 aromatic carbocycles. The molecule has 1 aliphatic heterocycles. The lowest BCUT2D eigenvalue weighted by Crippen LogP contribution is -2.25. The number of hydrogen-bond acceptors (Lipinski definition) is 4. The first kappa shape index (κ1) is 9.79. The molecule has 0 radical (unpaired) electrons. The molecular formula is C10H12N2O3. The zero-order valence-corrected chi connectivity index (χ0v) is 8.16. The average Bonchev–Trinajstić information content (AvgIpc) is 2.25. The lowest BCUT2D eigenvalue weighted by Gasteiger charge is -2.18. The van der Waals surface area contributed by atoms with Gasteiger partial charge >= 0.3 is 0 Å². The van der Waals surface area contributed by atoms with E-state index in [0.29, 0.717) is 30.3 Å². The van der Waals surface area contributed by atoms with E-state index in [4.69, 9.17) is 15.2 Å². The van der Waals surface area contributed by atoms with Crippen molar-refractivity contribution in [2.24, 2.45) is 5.73 Å². The summed E-state index contributed by atoms with van der Waals surface area (Å²) in [4.78, 5) is 11.1. The van der Waals surface area contributed by atoms with Crippen molar-refractivity contribution in [1.29, 1.82) is 0 Å². The van der Waals surface area contributed by atoms with E-state index in [1.54, 1.807) is 18.2 Å². The first-order chi connectivity index (χ1) is 7.29. The number of amides is 1. The molecule has 0 saturated carbocycles. The fraction of sp³-hybridized carbons (Fsp3) is 0.300. The summed E-state index contributed by atoms with van der Waals surface area (Å²) in [6.45, 7) is 0.976. The molecule has 1 heterocycles. The van der Waals surface area contributed by atoms with Crippen LogP contribution in [0.1, 0.15) is 0 Å². The molecule has 0 saturated heterocycles. The highest BCUT2D eigenvalue weighted by Crippen LogP contribution is 2.31. The van der Waals surface area contributed by atoms with E-state index in [2.05, 4.69) is 5.32 Å². The van der Waals surface area contributed by atoms with Crippen LogP contribution in [0.5, 0.6) is 11.5 Å². The lowest BCUT2D eigenvalue weighted by molar-refractivity contribution is -0.118. The third kappa shape index (κ3) is 2.19. The van der Waals surface area contributed by atoms with Crippen molar-refractivity contribution in [3.8, 4) is 11.5 Å². The Labute approximate surface area is 87.2 Å². The van der Waals surface area contributed by atoms with Gasteiger partial charge in [-0.25, -0.2) is 0 Å². The predicted octanol–water partition coefficient (Wildman–Crippen LogP) is 0.355. The molecule has 0 bridgehead atoms. The van der Waals surface area contributed by atoms with Crippen LogP contribution in [0.2, 0.25) is 0 Å². The summed E-state index contributed by atoms with van der Waals surface area (Å²) >= 11 is 0. The van der Waals surface area contributed by atoms with Crippen LogP contribution in [0, 0.1) is 0 Å². The molecule has 5 heteroatoms. The third-order valence-corrected chi connectivity index (χ3v) is 1.97. The number of anilines is 1. The van der Waals surface area contributed by atoms with E-state index in [0.717, 1.165) is 0 Å². The highest BCUT2D eigenvalue weighted by atomic mass is 16.5. The zero-order chi connectivity index (χ0) is 10.7. The summed E-state index contributed by atoms with van der Waals surface area (Å²) in [5, 5.41) is 2.70. The third-order valence-electron chi connectivity index (χ3n) is 1.97. The summed E-state index contributed by atoms with van der Waals surface area (Å²) in [5.74, 6) is 1.18. The fourth-order valence-corrected chi connectivity index (χ4v) is 1.33. The van der Waals surface area contributed by atoms with Gasteiger partial charge in [0.1, 0.15) is 18.1 Å². The predicted molar refractivity (Wildman–Crippen MR) is 55.1 cm³/mol. The van der Waals surface area contributed by atoms with Gasteiger partial charge in [0.15, 0.2) is 6.61 Å². The summed E-state index contributed by atoms with van der Waals surface area (Å²) in [6, 6.07) is 5.27. The van der Waals surface area contributed by atoms with Gasteiger partial charge in [-0.2, -0.15) is 0 Å². The lowest BCUT2D eigenvalue weighted by atomic mass is 10.2. The molecule has 0 aliphatic carbocycles. The van der Waals surface area contributed by atoms with E-state index in [1.165, 1.54) is 0 Å². The van der Waals surface area contributed by atoms with Crippen molar-refractivity contribution in [2.45, 2.75) is 0 Å². The quantitative estimate of drug-likeness (QED) is 0.752. The molecule has 0 spiro atoms. The monoisotopic (exact) mass is 208 g/mol. The van der Waals surface area contributed by atoms with Gasteiger partial charge < -0.3 is 20.5 Å². The highest BCUT2D eigenvalue weighted by molar-refractivity contribution is 5.95. The largest absolute Gasteiger partial charge is 0.492 e. The average molecular weight is 208 g/mol. The maximum absolute atomic E-state index is 11.1. The second-order valence-corrected chi connectivity index (χ2v) is 3.13. The van der Waals surface area contributed by atoms with Gasteiger partial charge in [-0.15, -0.1) is 0 Å². The standard InChI is InChI=1S/C10H12N2O3/c11-3-4-14-7-1-2-9-8(5-7)12-10(13)6-15-9/h1-2,5H,3-4,6,11H2,(H,12,13). The molecular weight excluding hydrogens is 196 g/mol. The smallest absolute Gasteiger partial charge is 0.262 e. The van der Waals surface area contributed by atoms with Gasteiger partial charge in [0.05, 0.1) is 5.69 Å². The number of nitrogens with two attached hydrogens (primary N) is 1. The van der Waals surface area contributed by atoms with E-state index in [1.807, 2.05) is 0 Å². The van der Waals surface area contributed by atoms with Gasteiger partial charge in [-0.1, -0.05) is 0 Å². The number of hydrogen-bond donors (Lipinski definition) is 2. The Morgan fingerprint density at radius 3 is 3.20 bits per heavy atom. The second-order valence-electron chi connectivity index (χ2n) is 3.13. The van der Waals surface area contributed by atoms with Gasteiger partial charge in [-0.05, 0) is 12.1 Å². The summed E-state index contributed by atoms with van der Waals surface area (Å²) in [6.07, 6.45) is 0. The molecule has 3 N–H and O–H groups in total. The summed E-state index contributed by atoms with van der Waals surface area (Å²) in [5.41, 5.74) is 5.96. The first-order valence-corrected chi connectivity index (χ1v) is 4.69. The van der Waals surface area contributed by atoms with Crippen molar-refractivity contribution >= 4 is 11.6 Å². The summed E-state index contributed by atoms with van der Waals surface area (Å²) < 4.78 is 10.5. The molecule has 1 amide bonds. The van der Waals surface area contributed by atoms with E-state index in [-0.39, 0.29) is 12.5 Å². The second kappa shape index (κ2) is 4.18. The van der Waals surface area contributed by atoms with Crippen molar-refractivity contribution in [3.05, 3.63) is 18.2 Å². The number of rotatable bonds is 3. The molecule has 0 unspecified atom stereocenters. The maximum atomic E-state index is 11.1. The van der Waals surface area contributed by atoms with Crippen LogP contribution in [-0.4, -0.2) is 25.7 Å². The topological polar surface area (TPSA) is 73.6 Å². The molecule has 0 aromatic heterocycles. The first-order valence-electron chi connectivity index (χ1n) is 4.69. The van der Waals surface area contributed by atoms with Crippen molar-refractivity contribution in [1.82, 2.24) is 0 Å². The Hall–Kier alpha value is -1.75. The number of fused-ring (bicyclic) bond motifs is 1. The minimum absolute atomic E-state index is 0.0655. The zero-order valence-electron chi connectivity index (χ0n) is 8.16. The summed E-state index contributed by atoms with van der Waals surface area (Å²) in [7, 11) is 0. The van der Waals surface area contributed by atoms with Crippen molar-refractivity contribution in [3.63, 3.8) is 0 Å². The minimum Gasteiger partial charge on any atom is -0.492 e. The highest BCUT2D eigenvalue weighted by Gasteiger charge is 2.15. The number of carbonyl (C=O) groups is 1. The Bertz CT molecular complexity index is 379. The van der Waals surface area contributed by atoms with Gasteiger partial charge in [0, 0.05) is 12.6 Å². The van der Waals surface area contributed by atoms with Crippen LogP contribution in [0.3, 0.4) is 0 Å². The minimum atomic E-state index is -0.154. The Kier molecular flexibility index (Phi) is 2.73. The molecule has 80 valence electrons. The Morgan fingerprint density at radius 1 is 1.53 bits per heavy atom. The molecule has 0 atom stereocenters. The van der Waals surface area contributed by atoms with Crippen LogP contribution in [0.25, 0.3) is 0 Å². The maximum Gasteiger partial charge on any atom is 0.262 e. The Balaban J connectivity index is 2.17. The van der Waals surface area contributed by atoms with E-state index in [9.17, 15) is 4.79 Å². The van der Waals surface area contributed by atoms with Gasteiger partial charge in [0.2, 0.25) is 0 Å². The molecule has 0 fully saturated rings. The molecule has 1 aromatic rings. The number of nitrogens with one attached hydrogen (secondary N) is 1. The van der Waals surface area contributed by atoms with Crippen LogP contribution >= 0.6 is 0 Å². The van der Waals surface area contributed by atoms with Crippen LogP contribution < -0.4 is 20.5 Å². The SMILES string of the molecule is NCCOc1ccc2c(c1)NC(=O)CO2. The number of ether oxygens (including phenoxy) is 2. The van der Waals surface area contributed by atoms with Crippen molar-refractivity contribution < 1.29 is 14.3 Å². The van der Waals surface area contributed by atoms with Gasteiger partial charge in [-0.3, -0.25) is 4.79 Å². The number of carbonyl (C=O) groups excluding carboxylic acids is 1. The number of benzene rings is 1. The van der Waals surface area contributed by atoms with Crippen LogP contribution in [0.15, 0.2) is 18.2 Å².